The van der Waals surface area contributed by atoms with Crippen LogP contribution in [0, 0.1) is 0 Å². The molecule has 0 amide bonds. The Balaban J connectivity index is 1.90. The SMILES string of the molecule is O=c1nc2c(c(=O)n1-c1ccccc1)c1cccccc1n2Cc1ccccc1. The lowest BCUT2D eigenvalue weighted by Crippen LogP contribution is -2.33. The normalized spacial score (nSPS) is 11.2. The van der Waals surface area contributed by atoms with Gasteiger partial charge in [0.15, 0.2) is 5.65 Å². The van der Waals surface area contributed by atoms with Crippen molar-refractivity contribution >= 4 is 21.9 Å². The summed E-state index contributed by atoms with van der Waals surface area (Å²) in [6, 6.07) is 28.4. The second-order valence-electron chi connectivity index (χ2n) is 6.85. The highest BCUT2D eigenvalue weighted by Crippen LogP contribution is 2.25. The maximum Gasteiger partial charge on any atom is 0.357 e. The molecule has 5 heteroatoms. The summed E-state index contributed by atoms with van der Waals surface area (Å²) >= 11 is 0. The Morgan fingerprint density at radius 2 is 1.34 bits per heavy atom. The minimum atomic E-state index is -0.574. The van der Waals surface area contributed by atoms with Gasteiger partial charge in [-0.05, 0) is 23.8 Å². The van der Waals surface area contributed by atoms with Crippen LogP contribution in [0.1, 0.15) is 5.56 Å². The molecule has 2 aromatic heterocycles. The van der Waals surface area contributed by atoms with Crippen LogP contribution in [0.2, 0.25) is 0 Å². The zero-order chi connectivity index (χ0) is 19.8. The third-order valence-electron chi connectivity index (χ3n) is 5.06. The average molecular weight is 379 g/mol. The van der Waals surface area contributed by atoms with E-state index in [2.05, 4.69) is 4.98 Å². The van der Waals surface area contributed by atoms with Crippen LogP contribution in [0.15, 0.2) is 101 Å². The largest absolute Gasteiger partial charge is 0.357 e. The first-order chi connectivity index (χ1) is 14.2. The Kier molecular flexibility index (Phi) is 4.06. The van der Waals surface area contributed by atoms with Crippen molar-refractivity contribution in [1.82, 2.24) is 14.1 Å². The predicted molar refractivity (Wildman–Crippen MR) is 115 cm³/mol. The van der Waals surface area contributed by atoms with Crippen molar-refractivity contribution in [2.24, 2.45) is 0 Å². The van der Waals surface area contributed by atoms with Gasteiger partial charge in [-0.1, -0.05) is 72.8 Å². The number of fused-ring (bicyclic) bond motifs is 3. The van der Waals surface area contributed by atoms with Gasteiger partial charge < -0.3 is 4.57 Å². The molecule has 0 fully saturated rings. The maximum absolute atomic E-state index is 13.4. The van der Waals surface area contributed by atoms with Gasteiger partial charge in [0, 0.05) is 11.9 Å². The zero-order valence-electron chi connectivity index (χ0n) is 15.5. The lowest BCUT2D eigenvalue weighted by atomic mass is 10.2. The van der Waals surface area contributed by atoms with Crippen molar-refractivity contribution < 1.29 is 0 Å². The van der Waals surface area contributed by atoms with E-state index in [1.807, 2.05) is 71.3 Å². The van der Waals surface area contributed by atoms with Crippen molar-refractivity contribution in [1.29, 1.82) is 0 Å². The fourth-order valence-electron chi connectivity index (χ4n) is 3.75. The van der Waals surface area contributed by atoms with E-state index in [0.29, 0.717) is 23.3 Å². The molecule has 2 heterocycles. The van der Waals surface area contributed by atoms with Crippen LogP contribution >= 0.6 is 0 Å². The highest BCUT2D eigenvalue weighted by atomic mass is 16.2. The lowest BCUT2D eigenvalue weighted by Gasteiger charge is -2.07. The topological polar surface area (TPSA) is 56.9 Å². The first kappa shape index (κ1) is 17.1. The first-order valence-corrected chi connectivity index (χ1v) is 9.38. The van der Waals surface area contributed by atoms with Crippen LogP contribution in [0.25, 0.3) is 27.6 Å². The molecule has 0 unspecified atom stereocenters. The smallest absolute Gasteiger partial charge is 0.320 e. The van der Waals surface area contributed by atoms with Crippen LogP contribution in [0.4, 0.5) is 0 Å². The van der Waals surface area contributed by atoms with Crippen molar-refractivity contribution in [3.63, 3.8) is 0 Å². The van der Waals surface area contributed by atoms with E-state index < -0.39 is 5.69 Å². The number of benzene rings is 2. The Bertz CT molecular complexity index is 1450. The lowest BCUT2D eigenvalue weighted by molar-refractivity contribution is 0.831. The van der Waals surface area contributed by atoms with E-state index in [9.17, 15) is 9.59 Å². The molecule has 0 atom stereocenters. The van der Waals surface area contributed by atoms with Gasteiger partial charge in [-0.15, -0.1) is 0 Å². The van der Waals surface area contributed by atoms with E-state index in [4.69, 9.17) is 0 Å². The molecule has 0 saturated carbocycles. The van der Waals surface area contributed by atoms with Crippen LogP contribution in [0.5, 0.6) is 0 Å². The number of rotatable bonds is 3. The number of nitrogens with zero attached hydrogens (tertiary/aromatic N) is 3. The number of hydrogen-bond acceptors (Lipinski definition) is 3. The zero-order valence-corrected chi connectivity index (χ0v) is 15.5. The van der Waals surface area contributed by atoms with E-state index in [-0.39, 0.29) is 5.56 Å². The van der Waals surface area contributed by atoms with Gasteiger partial charge in [0.25, 0.3) is 5.56 Å². The van der Waals surface area contributed by atoms with E-state index in [0.717, 1.165) is 21.0 Å². The molecule has 0 aliphatic rings. The summed E-state index contributed by atoms with van der Waals surface area (Å²) in [7, 11) is 0. The Morgan fingerprint density at radius 1 is 0.724 bits per heavy atom. The minimum Gasteiger partial charge on any atom is -0.320 e. The number of para-hydroxylation sites is 1. The van der Waals surface area contributed by atoms with E-state index in [1.165, 1.54) is 0 Å². The number of aromatic nitrogens is 3. The van der Waals surface area contributed by atoms with Gasteiger partial charge in [-0.2, -0.15) is 4.98 Å². The molecule has 0 radical (unpaired) electrons. The molecule has 29 heavy (non-hydrogen) atoms. The van der Waals surface area contributed by atoms with Gasteiger partial charge in [-0.3, -0.25) is 4.79 Å². The summed E-state index contributed by atoms with van der Waals surface area (Å²) in [5.74, 6) is 0. The van der Waals surface area contributed by atoms with Gasteiger partial charge in [0.05, 0.1) is 16.6 Å². The van der Waals surface area contributed by atoms with Gasteiger partial charge in [0.2, 0.25) is 0 Å². The number of hydrogen-bond donors (Lipinski definition) is 0. The quantitative estimate of drug-likeness (QED) is 0.480. The molecule has 0 bridgehead atoms. The highest BCUT2D eigenvalue weighted by molar-refractivity contribution is 6.06. The molecule has 0 N–H and O–H groups in total. The Morgan fingerprint density at radius 3 is 2.07 bits per heavy atom. The molecule has 0 aliphatic heterocycles. The molecular formula is C24H17N3O2. The molecule has 0 saturated heterocycles. The molecular weight excluding hydrogens is 362 g/mol. The Hall–Kier alpha value is -3.99. The summed E-state index contributed by atoms with van der Waals surface area (Å²) in [4.78, 5) is 30.6. The van der Waals surface area contributed by atoms with E-state index in [1.54, 1.807) is 24.3 Å². The third-order valence-corrected chi connectivity index (χ3v) is 5.06. The minimum absolute atomic E-state index is 0.353. The van der Waals surface area contributed by atoms with Crippen molar-refractivity contribution in [2.45, 2.75) is 6.54 Å². The van der Waals surface area contributed by atoms with Crippen molar-refractivity contribution in [3.05, 3.63) is 117 Å². The van der Waals surface area contributed by atoms with Crippen molar-refractivity contribution in [2.75, 3.05) is 0 Å². The summed E-state index contributed by atoms with van der Waals surface area (Å²) in [6.07, 6.45) is 0. The van der Waals surface area contributed by atoms with Gasteiger partial charge >= 0.3 is 5.69 Å². The molecule has 3 aromatic carbocycles. The molecule has 5 rings (SSSR count). The summed E-state index contributed by atoms with van der Waals surface area (Å²) in [5.41, 5.74) is 1.94. The molecule has 0 spiro atoms. The van der Waals surface area contributed by atoms with Crippen molar-refractivity contribution in [3.8, 4) is 5.69 Å². The predicted octanol–water partition coefficient (Wildman–Crippen LogP) is 3.75. The second-order valence-corrected chi connectivity index (χ2v) is 6.85. The monoisotopic (exact) mass is 379 g/mol. The van der Waals surface area contributed by atoms with Crippen LogP contribution < -0.4 is 11.2 Å². The van der Waals surface area contributed by atoms with Gasteiger partial charge in [0.1, 0.15) is 0 Å². The molecule has 5 aromatic rings. The second kappa shape index (κ2) is 6.87. The highest BCUT2D eigenvalue weighted by Gasteiger charge is 2.19. The molecule has 5 nitrogen and oxygen atoms in total. The van der Waals surface area contributed by atoms with E-state index >= 15 is 0 Å². The fourth-order valence-corrected chi connectivity index (χ4v) is 3.75. The summed E-state index contributed by atoms with van der Waals surface area (Å²) in [6.45, 7) is 0.520. The maximum atomic E-state index is 13.4. The van der Waals surface area contributed by atoms with Gasteiger partial charge in [-0.25, -0.2) is 9.36 Å². The van der Waals surface area contributed by atoms with Crippen LogP contribution in [-0.2, 0) is 6.54 Å². The first-order valence-electron chi connectivity index (χ1n) is 9.38. The standard InChI is InChI=1S/C24H17N3O2/c28-23-21-19-14-8-3-9-15-20(19)26(16-17-10-4-1-5-11-17)22(21)25-24(29)27(23)18-12-6-2-7-13-18/h1-15H,16H2. The Labute approximate surface area is 166 Å². The summed E-state index contributed by atoms with van der Waals surface area (Å²) < 4.78 is 3.08. The third kappa shape index (κ3) is 2.84. The molecule has 140 valence electrons. The fraction of sp³-hybridized carbons (Fsp3) is 0.0417. The van der Waals surface area contributed by atoms with Crippen LogP contribution in [-0.4, -0.2) is 14.1 Å². The van der Waals surface area contributed by atoms with Crippen LogP contribution in [0.3, 0.4) is 0 Å². The summed E-state index contributed by atoms with van der Waals surface area (Å²) in [5, 5.41) is 1.23. The molecule has 0 aliphatic carbocycles. The average Bonchev–Trinajstić information content (AvgIpc) is 2.88.